The number of terminal acetylenes is 1. The van der Waals surface area contributed by atoms with Gasteiger partial charge in [-0.15, -0.1) is 12.3 Å². The van der Waals surface area contributed by atoms with Gasteiger partial charge in [-0.25, -0.2) is 0 Å². The molecule has 0 saturated carbocycles. The van der Waals surface area contributed by atoms with Gasteiger partial charge in [-0.05, 0) is 53.6 Å². The molecule has 0 aliphatic carbocycles. The smallest absolute Gasteiger partial charge is 0.0339 e. The first-order valence-electron chi connectivity index (χ1n) is 5.70. The monoisotopic (exact) mass is 327 g/mol. The summed E-state index contributed by atoms with van der Waals surface area (Å²) >= 11 is 2.39. The lowest BCUT2D eigenvalue weighted by atomic mass is 10.0. The molecule has 2 heteroatoms. The largest absolute Gasteiger partial charge is 0.310 e. The molecule has 1 atom stereocenters. The van der Waals surface area contributed by atoms with Crippen LogP contribution in [0.15, 0.2) is 24.3 Å². The second kappa shape index (κ2) is 7.70. The molecule has 1 N–H and O–H groups in total. The molecular formula is C14H18IN. The van der Waals surface area contributed by atoms with Crippen molar-refractivity contribution in [2.45, 2.75) is 32.2 Å². The average Bonchev–Trinajstić information content (AvgIpc) is 2.31. The highest BCUT2D eigenvalue weighted by molar-refractivity contribution is 14.1. The Morgan fingerprint density at radius 1 is 1.44 bits per heavy atom. The van der Waals surface area contributed by atoms with Gasteiger partial charge in [0.25, 0.3) is 0 Å². The molecule has 0 amide bonds. The minimum Gasteiger partial charge on any atom is -0.310 e. The first-order chi connectivity index (χ1) is 7.79. The molecule has 16 heavy (non-hydrogen) atoms. The molecular weight excluding hydrogens is 309 g/mol. The molecule has 0 spiro atoms. The third kappa shape index (κ3) is 4.15. The molecule has 1 aromatic carbocycles. The molecule has 0 radical (unpaired) electrons. The zero-order chi connectivity index (χ0) is 11.8. The molecule has 0 heterocycles. The lowest BCUT2D eigenvalue weighted by Crippen LogP contribution is -2.22. The summed E-state index contributed by atoms with van der Waals surface area (Å²) in [7, 11) is 0. The number of hydrogen-bond acceptors (Lipinski definition) is 1. The minimum absolute atomic E-state index is 0.393. The fourth-order valence-corrected chi connectivity index (χ4v) is 2.43. The van der Waals surface area contributed by atoms with E-state index in [-0.39, 0.29) is 0 Å². The molecule has 1 nitrogen and oxygen atoms in total. The van der Waals surface area contributed by atoms with Gasteiger partial charge in [0.2, 0.25) is 0 Å². The summed E-state index contributed by atoms with van der Waals surface area (Å²) < 4.78 is 1.31. The van der Waals surface area contributed by atoms with Crippen molar-refractivity contribution >= 4 is 22.6 Å². The zero-order valence-electron chi connectivity index (χ0n) is 9.67. The predicted molar refractivity (Wildman–Crippen MR) is 78.3 cm³/mol. The maximum absolute atomic E-state index is 5.34. The topological polar surface area (TPSA) is 12.0 Å². The number of rotatable bonds is 6. The Hall–Kier alpha value is -0.530. The van der Waals surface area contributed by atoms with Crippen LogP contribution in [0.2, 0.25) is 0 Å². The van der Waals surface area contributed by atoms with Crippen molar-refractivity contribution in [2.24, 2.45) is 0 Å². The summed E-state index contributed by atoms with van der Waals surface area (Å²) in [6, 6.07) is 8.89. The third-order valence-electron chi connectivity index (χ3n) is 2.50. The number of halogens is 1. The molecule has 0 aliphatic heterocycles. The molecule has 0 fully saturated rings. The van der Waals surface area contributed by atoms with E-state index in [4.69, 9.17) is 6.42 Å². The van der Waals surface area contributed by atoms with Crippen molar-refractivity contribution in [3.63, 3.8) is 0 Å². The summed E-state index contributed by atoms with van der Waals surface area (Å²) in [5, 5.41) is 3.56. The highest BCUT2D eigenvalue weighted by Gasteiger charge is 2.12. The Labute approximate surface area is 112 Å². The number of hydrogen-bond donors (Lipinski definition) is 1. The van der Waals surface area contributed by atoms with Crippen LogP contribution in [0.4, 0.5) is 0 Å². The number of benzene rings is 1. The van der Waals surface area contributed by atoms with E-state index in [9.17, 15) is 0 Å². The minimum atomic E-state index is 0.393. The van der Waals surface area contributed by atoms with Crippen LogP contribution in [-0.2, 0) is 0 Å². The van der Waals surface area contributed by atoms with Crippen LogP contribution in [-0.4, -0.2) is 6.54 Å². The van der Waals surface area contributed by atoms with Gasteiger partial charge in [0.1, 0.15) is 0 Å². The predicted octanol–water partition coefficient (Wildman–Crippen LogP) is 3.75. The molecule has 1 rings (SSSR count). The summed E-state index contributed by atoms with van der Waals surface area (Å²) in [5.41, 5.74) is 1.37. The van der Waals surface area contributed by atoms with Gasteiger partial charge in [0, 0.05) is 16.0 Å². The van der Waals surface area contributed by atoms with Gasteiger partial charge in [0.05, 0.1) is 0 Å². The normalized spacial score (nSPS) is 12.1. The van der Waals surface area contributed by atoms with E-state index in [2.05, 4.69) is 65.0 Å². The van der Waals surface area contributed by atoms with Gasteiger partial charge < -0.3 is 5.32 Å². The van der Waals surface area contributed by atoms with E-state index < -0.39 is 0 Å². The van der Waals surface area contributed by atoms with Crippen molar-refractivity contribution < 1.29 is 0 Å². The van der Waals surface area contributed by atoms with Crippen molar-refractivity contribution in [3.05, 3.63) is 33.4 Å². The van der Waals surface area contributed by atoms with Crippen LogP contribution < -0.4 is 5.32 Å². The first-order valence-corrected chi connectivity index (χ1v) is 6.78. The van der Waals surface area contributed by atoms with Crippen molar-refractivity contribution in [1.29, 1.82) is 0 Å². The third-order valence-corrected chi connectivity index (χ3v) is 3.48. The Morgan fingerprint density at radius 2 is 2.19 bits per heavy atom. The maximum Gasteiger partial charge on any atom is 0.0339 e. The first kappa shape index (κ1) is 13.5. The lowest BCUT2D eigenvalue weighted by Gasteiger charge is -2.19. The van der Waals surface area contributed by atoms with E-state index in [0.29, 0.717) is 6.04 Å². The van der Waals surface area contributed by atoms with Crippen LogP contribution in [0.3, 0.4) is 0 Å². The molecule has 86 valence electrons. The second-order valence-corrected chi connectivity index (χ2v) is 4.93. The van der Waals surface area contributed by atoms with Crippen molar-refractivity contribution in [2.75, 3.05) is 6.54 Å². The maximum atomic E-state index is 5.34. The fraction of sp³-hybridized carbons (Fsp3) is 0.429. The molecule has 1 unspecified atom stereocenters. The van der Waals surface area contributed by atoms with Crippen LogP contribution in [0.25, 0.3) is 0 Å². The molecule has 0 bridgehead atoms. The number of nitrogens with one attached hydrogen (secondary N) is 1. The van der Waals surface area contributed by atoms with E-state index in [1.807, 2.05) is 0 Å². The molecule has 1 aromatic rings. The van der Waals surface area contributed by atoms with Gasteiger partial charge >= 0.3 is 0 Å². The van der Waals surface area contributed by atoms with Gasteiger partial charge in [-0.1, -0.05) is 25.1 Å². The summed E-state index contributed by atoms with van der Waals surface area (Å²) in [5.74, 6) is 2.72. The molecule has 0 aromatic heterocycles. The fourth-order valence-electron chi connectivity index (χ4n) is 1.67. The summed E-state index contributed by atoms with van der Waals surface area (Å²) in [6.07, 6.45) is 8.33. The highest BCUT2D eigenvalue weighted by atomic mass is 127. The van der Waals surface area contributed by atoms with E-state index in [0.717, 1.165) is 25.8 Å². The van der Waals surface area contributed by atoms with Gasteiger partial charge in [-0.3, -0.25) is 0 Å². The zero-order valence-corrected chi connectivity index (χ0v) is 11.8. The van der Waals surface area contributed by atoms with Gasteiger partial charge in [-0.2, -0.15) is 0 Å². The van der Waals surface area contributed by atoms with E-state index in [1.54, 1.807) is 0 Å². The SMILES string of the molecule is C#CCCC(NCCC)c1ccccc1I. The Balaban J connectivity index is 2.75. The van der Waals surface area contributed by atoms with Crippen LogP contribution in [0.5, 0.6) is 0 Å². The average molecular weight is 327 g/mol. The summed E-state index contributed by atoms with van der Waals surface area (Å²) in [4.78, 5) is 0. The van der Waals surface area contributed by atoms with Crippen LogP contribution >= 0.6 is 22.6 Å². The summed E-state index contributed by atoms with van der Waals surface area (Å²) in [6.45, 7) is 3.22. The second-order valence-electron chi connectivity index (χ2n) is 3.77. The Bertz CT molecular complexity index is 354. The van der Waals surface area contributed by atoms with E-state index in [1.165, 1.54) is 9.13 Å². The Morgan fingerprint density at radius 3 is 2.81 bits per heavy atom. The highest BCUT2D eigenvalue weighted by Crippen LogP contribution is 2.23. The lowest BCUT2D eigenvalue weighted by molar-refractivity contribution is 0.504. The standard InChI is InChI=1S/C14H18IN/c1-3-5-10-14(16-11-4-2)12-8-6-7-9-13(12)15/h1,6-9,14,16H,4-5,10-11H2,2H3. The van der Waals surface area contributed by atoms with Gasteiger partial charge in [0.15, 0.2) is 0 Å². The van der Waals surface area contributed by atoms with Crippen LogP contribution in [0, 0.1) is 15.9 Å². The molecule has 0 saturated heterocycles. The Kier molecular flexibility index (Phi) is 6.51. The molecule has 0 aliphatic rings. The van der Waals surface area contributed by atoms with E-state index >= 15 is 0 Å². The van der Waals surface area contributed by atoms with Crippen LogP contribution in [0.1, 0.15) is 37.8 Å². The van der Waals surface area contributed by atoms with Crippen molar-refractivity contribution in [1.82, 2.24) is 5.32 Å². The quantitative estimate of drug-likeness (QED) is 0.620. The van der Waals surface area contributed by atoms with Crippen molar-refractivity contribution in [3.8, 4) is 12.3 Å².